The van der Waals surface area contributed by atoms with Crippen LogP contribution in [0.1, 0.15) is 34.6 Å². The number of imidazole rings is 1. The third-order valence-electron chi connectivity index (χ3n) is 4.70. The molecule has 0 aliphatic carbocycles. The number of likely N-dealkylation sites (tertiary alicyclic amines) is 1. The number of fused-ring (bicyclic) bond motifs is 1. The molecule has 2 aromatic heterocycles. The summed E-state index contributed by atoms with van der Waals surface area (Å²) in [6.45, 7) is 2.15. The summed E-state index contributed by atoms with van der Waals surface area (Å²) < 4.78 is 45.1. The van der Waals surface area contributed by atoms with Gasteiger partial charge in [0.25, 0.3) is 5.91 Å². The van der Waals surface area contributed by atoms with Gasteiger partial charge < -0.3 is 9.64 Å². The fourth-order valence-electron chi connectivity index (χ4n) is 3.27. The van der Waals surface area contributed by atoms with E-state index in [0.29, 0.717) is 25.9 Å². The summed E-state index contributed by atoms with van der Waals surface area (Å²) in [5, 5.41) is -0.184. The molecule has 0 atom stereocenters. The highest BCUT2D eigenvalue weighted by molar-refractivity contribution is 6.33. The monoisotopic (exact) mass is 403 g/mol. The van der Waals surface area contributed by atoms with Crippen molar-refractivity contribution < 1.29 is 27.5 Å². The molecule has 0 saturated carbocycles. The third-order valence-corrected chi connectivity index (χ3v) is 4.97. The Kier molecular flexibility index (Phi) is 5.07. The second-order valence-corrected chi connectivity index (χ2v) is 6.81. The van der Waals surface area contributed by atoms with E-state index in [-0.39, 0.29) is 33.9 Å². The van der Waals surface area contributed by atoms with Gasteiger partial charge in [0.15, 0.2) is 5.65 Å². The minimum absolute atomic E-state index is 0.0366. The molecule has 3 heterocycles. The highest BCUT2D eigenvalue weighted by Crippen LogP contribution is 2.33. The van der Waals surface area contributed by atoms with Gasteiger partial charge in [0.2, 0.25) is 0 Å². The summed E-state index contributed by atoms with van der Waals surface area (Å²) in [6.07, 6.45) is -2.91. The van der Waals surface area contributed by atoms with Gasteiger partial charge in [-0.3, -0.25) is 14.0 Å². The van der Waals surface area contributed by atoms with Gasteiger partial charge in [-0.1, -0.05) is 11.6 Å². The van der Waals surface area contributed by atoms with E-state index in [1.54, 1.807) is 6.92 Å². The predicted octanol–water partition coefficient (Wildman–Crippen LogP) is 3.34. The molecule has 1 saturated heterocycles. The SMILES string of the molecule is COC(=O)C1CCN(C(=O)c2c(C)nc3c(Cl)cc(C(F)(F)F)cn23)CC1. The van der Waals surface area contributed by atoms with E-state index < -0.39 is 17.6 Å². The van der Waals surface area contributed by atoms with Crippen LogP contribution in [-0.2, 0) is 15.7 Å². The van der Waals surface area contributed by atoms with Crippen molar-refractivity contribution in [3.63, 3.8) is 0 Å². The van der Waals surface area contributed by atoms with Gasteiger partial charge in [0.1, 0.15) is 5.69 Å². The van der Waals surface area contributed by atoms with Crippen LogP contribution < -0.4 is 0 Å². The number of piperidine rings is 1. The molecule has 2 aromatic rings. The topological polar surface area (TPSA) is 63.9 Å². The van der Waals surface area contributed by atoms with E-state index in [2.05, 4.69) is 4.98 Å². The van der Waals surface area contributed by atoms with Gasteiger partial charge in [-0.25, -0.2) is 4.98 Å². The number of esters is 1. The standard InChI is InChI=1S/C17H17ClF3N3O3/c1-9-13(15(25)23-5-3-10(4-6-23)16(26)27-2)24-8-11(17(19,20)21)7-12(18)14(24)22-9/h7-8,10H,3-6H2,1-2H3. The second kappa shape index (κ2) is 7.03. The second-order valence-electron chi connectivity index (χ2n) is 6.40. The average molecular weight is 404 g/mol. The maximum absolute atomic E-state index is 13.1. The Balaban J connectivity index is 1.94. The number of rotatable bonds is 2. The van der Waals surface area contributed by atoms with E-state index in [1.165, 1.54) is 12.0 Å². The Labute approximate surface area is 157 Å². The summed E-state index contributed by atoms with van der Waals surface area (Å²) in [5.74, 6) is -1.05. The van der Waals surface area contributed by atoms with Crippen LogP contribution in [0.4, 0.5) is 13.2 Å². The average Bonchev–Trinajstić information content (AvgIpc) is 2.96. The fourth-order valence-corrected chi connectivity index (χ4v) is 3.52. The van der Waals surface area contributed by atoms with Crippen LogP contribution in [0, 0.1) is 12.8 Å². The molecule has 1 amide bonds. The number of hydrogen-bond donors (Lipinski definition) is 0. The van der Waals surface area contributed by atoms with Crippen molar-refractivity contribution in [3.05, 3.63) is 34.2 Å². The van der Waals surface area contributed by atoms with Crippen molar-refractivity contribution in [2.75, 3.05) is 20.2 Å². The van der Waals surface area contributed by atoms with Gasteiger partial charge in [0.05, 0.1) is 29.3 Å². The first-order valence-electron chi connectivity index (χ1n) is 8.26. The Bertz CT molecular complexity index is 902. The maximum atomic E-state index is 13.1. The van der Waals surface area contributed by atoms with Crippen molar-refractivity contribution in [1.82, 2.24) is 14.3 Å². The first kappa shape index (κ1) is 19.5. The lowest BCUT2D eigenvalue weighted by atomic mass is 9.97. The number of aryl methyl sites for hydroxylation is 1. The molecule has 0 radical (unpaired) electrons. The summed E-state index contributed by atoms with van der Waals surface area (Å²) in [6, 6.07) is 0.791. The minimum Gasteiger partial charge on any atom is -0.469 e. The lowest BCUT2D eigenvalue weighted by Gasteiger charge is -2.30. The van der Waals surface area contributed by atoms with Crippen molar-refractivity contribution in [2.45, 2.75) is 25.9 Å². The molecule has 10 heteroatoms. The van der Waals surface area contributed by atoms with Crippen molar-refractivity contribution in [1.29, 1.82) is 0 Å². The summed E-state index contributed by atoms with van der Waals surface area (Å²) in [4.78, 5) is 30.2. The molecule has 6 nitrogen and oxygen atoms in total. The summed E-state index contributed by atoms with van der Waals surface area (Å²) >= 11 is 5.95. The van der Waals surface area contributed by atoms with Crippen LogP contribution in [-0.4, -0.2) is 46.4 Å². The van der Waals surface area contributed by atoms with Gasteiger partial charge in [-0.05, 0) is 25.8 Å². The zero-order valence-corrected chi connectivity index (χ0v) is 15.4. The molecule has 0 aromatic carbocycles. The van der Waals surface area contributed by atoms with Crippen LogP contribution in [0.15, 0.2) is 12.3 Å². The minimum atomic E-state index is -4.60. The van der Waals surface area contributed by atoms with Gasteiger partial charge in [-0.2, -0.15) is 13.2 Å². The first-order chi connectivity index (χ1) is 12.6. The van der Waals surface area contributed by atoms with E-state index in [0.717, 1.165) is 16.7 Å². The zero-order valence-electron chi connectivity index (χ0n) is 14.6. The molecular formula is C17H17ClF3N3O3. The van der Waals surface area contributed by atoms with E-state index in [9.17, 15) is 22.8 Å². The van der Waals surface area contributed by atoms with Crippen LogP contribution in [0.3, 0.4) is 0 Å². The Morgan fingerprint density at radius 1 is 1.30 bits per heavy atom. The van der Waals surface area contributed by atoms with Crippen LogP contribution >= 0.6 is 11.6 Å². The van der Waals surface area contributed by atoms with Crippen LogP contribution in [0.2, 0.25) is 5.02 Å². The van der Waals surface area contributed by atoms with Crippen molar-refractivity contribution >= 4 is 29.1 Å². The number of aromatic nitrogens is 2. The molecule has 146 valence electrons. The number of halogens is 4. The normalized spacial score (nSPS) is 16.0. The molecule has 0 spiro atoms. The first-order valence-corrected chi connectivity index (χ1v) is 8.63. The quantitative estimate of drug-likeness (QED) is 0.721. The molecular weight excluding hydrogens is 387 g/mol. The van der Waals surface area contributed by atoms with Crippen molar-refractivity contribution in [2.24, 2.45) is 5.92 Å². The smallest absolute Gasteiger partial charge is 0.417 e. The van der Waals surface area contributed by atoms with Gasteiger partial charge >= 0.3 is 12.1 Å². The lowest BCUT2D eigenvalue weighted by molar-refractivity contribution is -0.146. The number of carbonyl (C=O) groups is 2. The number of alkyl halides is 3. The lowest BCUT2D eigenvalue weighted by Crippen LogP contribution is -2.41. The molecule has 0 N–H and O–H groups in total. The van der Waals surface area contributed by atoms with E-state index in [1.807, 2.05) is 0 Å². The number of amides is 1. The zero-order chi connectivity index (χ0) is 19.9. The Morgan fingerprint density at radius 3 is 2.48 bits per heavy atom. The van der Waals surface area contributed by atoms with Crippen LogP contribution in [0.25, 0.3) is 5.65 Å². The number of pyridine rings is 1. The molecule has 1 fully saturated rings. The maximum Gasteiger partial charge on any atom is 0.417 e. The van der Waals surface area contributed by atoms with Gasteiger partial charge in [0, 0.05) is 19.3 Å². The summed E-state index contributed by atoms with van der Waals surface area (Å²) in [7, 11) is 1.31. The molecule has 1 aliphatic rings. The predicted molar refractivity (Wildman–Crippen MR) is 90.6 cm³/mol. The molecule has 0 unspecified atom stereocenters. The van der Waals surface area contributed by atoms with E-state index in [4.69, 9.17) is 16.3 Å². The molecule has 27 heavy (non-hydrogen) atoms. The van der Waals surface area contributed by atoms with Gasteiger partial charge in [-0.15, -0.1) is 0 Å². The highest BCUT2D eigenvalue weighted by Gasteiger charge is 2.34. The molecule has 3 rings (SSSR count). The number of hydrogen-bond acceptors (Lipinski definition) is 4. The third kappa shape index (κ3) is 3.60. The van der Waals surface area contributed by atoms with Crippen LogP contribution in [0.5, 0.6) is 0 Å². The highest BCUT2D eigenvalue weighted by atomic mass is 35.5. The summed E-state index contributed by atoms with van der Waals surface area (Å²) in [5.41, 5.74) is -0.545. The Hall–Kier alpha value is -2.29. The van der Waals surface area contributed by atoms with E-state index >= 15 is 0 Å². The number of nitrogens with zero attached hydrogens (tertiary/aromatic N) is 3. The largest absolute Gasteiger partial charge is 0.469 e. The number of methoxy groups -OCH3 is 1. The van der Waals surface area contributed by atoms with Crippen molar-refractivity contribution in [3.8, 4) is 0 Å². The molecule has 1 aliphatic heterocycles. The fraction of sp³-hybridized carbons (Fsp3) is 0.471. The number of ether oxygens (including phenoxy) is 1. The number of carbonyl (C=O) groups excluding carboxylic acids is 2. The molecule has 0 bridgehead atoms. The Morgan fingerprint density at radius 2 is 1.93 bits per heavy atom.